The zero-order chi connectivity index (χ0) is 16.4. The molecule has 116 valence electrons. The molecule has 0 aliphatic heterocycles. The number of nitrogens with zero attached hydrogens (tertiary/aromatic N) is 3. The van der Waals surface area contributed by atoms with Crippen LogP contribution in [-0.2, 0) is 0 Å². The first-order chi connectivity index (χ1) is 11.0. The highest BCUT2D eigenvalue weighted by molar-refractivity contribution is 6.31. The minimum Gasteiger partial charge on any atom is -0.438 e. The Hall–Kier alpha value is -2.66. The average Bonchev–Trinajstić information content (AvgIpc) is 2.54. The van der Waals surface area contributed by atoms with Gasteiger partial charge in [-0.15, -0.1) is 0 Å². The zero-order valence-electron chi connectivity index (χ0n) is 12.7. The van der Waals surface area contributed by atoms with Gasteiger partial charge in [-0.3, -0.25) is 4.79 Å². The second kappa shape index (κ2) is 6.22. The molecule has 1 heterocycles. The molecule has 0 bridgehead atoms. The van der Waals surface area contributed by atoms with Crippen LogP contribution in [0.4, 0.5) is 0 Å². The Labute approximate surface area is 138 Å². The van der Waals surface area contributed by atoms with E-state index in [-0.39, 0.29) is 5.91 Å². The number of benzene rings is 2. The van der Waals surface area contributed by atoms with Crippen molar-refractivity contribution in [3.63, 3.8) is 0 Å². The van der Waals surface area contributed by atoms with Crippen LogP contribution in [0.1, 0.15) is 10.4 Å². The predicted octanol–water partition coefficient (Wildman–Crippen LogP) is 3.78. The molecule has 23 heavy (non-hydrogen) atoms. The van der Waals surface area contributed by atoms with Crippen molar-refractivity contribution in [2.24, 2.45) is 0 Å². The maximum atomic E-state index is 11.9. The molecule has 0 saturated carbocycles. The number of halogens is 1. The molecule has 0 atom stereocenters. The number of carbonyl (C=O) groups is 1. The van der Waals surface area contributed by atoms with Gasteiger partial charge in [0.15, 0.2) is 0 Å². The van der Waals surface area contributed by atoms with E-state index in [4.69, 9.17) is 16.3 Å². The molecule has 0 saturated heterocycles. The highest BCUT2D eigenvalue weighted by Gasteiger charge is 2.10. The van der Waals surface area contributed by atoms with Crippen LogP contribution in [0, 0.1) is 0 Å². The number of aromatic nitrogens is 2. The molecular weight excluding hydrogens is 314 g/mol. The lowest BCUT2D eigenvalue weighted by Crippen LogP contribution is -2.21. The van der Waals surface area contributed by atoms with E-state index in [1.165, 1.54) is 11.2 Å². The Morgan fingerprint density at radius 2 is 1.83 bits per heavy atom. The van der Waals surface area contributed by atoms with E-state index in [0.717, 1.165) is 5.39 Å². The van der Waals surface area contributed by atoms with Crippen LogP contribution in [0.15, 0.2) is 48.8 Å². The van der Waals surface area contributed by atoms with Crippen molar-refractivity contribution in [1.29, 1.82) is 0 Å². The maximum absolute atomic E-state index is 11.9. The van der Waals surface area contributed by atoms with Gasteiger partial charge in [0.25, 0.3) is 5.91 Å². The number of carbonyl (C=O) groups excluding carboxylic acids is 1. The van der Waals surface area contributed by atoms with Crippen LogP contribution in [0.2, 0.25) is 5.02 Å². The van der Waals surface area contributed by atoms with Crippen LogP contribution in [0.25, 0.3) is 10.9 Å². The smallest absolute Gasteiger partial charge is 0.253 e. The van der Waals surface area contributed by atoms with E-state index in [9.17, 15) is 4.79 Å². The van der Waals surface area contributed by atoms with Crippen molar-refractivity contribution in [3.8, 4) is 11.6 Å². The van der Waals surface area contributed by atoms with Crippen molar-refractivity contribution < 1.29 is 9.53 Å². The first-order valence-electron chi connectivity index (χ1n) is 6.94. The summed E-state index contributed by atoms with van der Waals surface area (Å²) in [7, 11) is 3.43. The zero-order valence-corrected chi connectivity index (χ0v) is 13.4. The van der Waals surface area contributed by atoms with Crippen molar-refractivity contribution in [3.05, 3.63) is 59.4 Å². The minimum absolute atomic E-state index is 0.0568. The first-order valence-corrected chi connectivity index (χ1v) is 7.32. The van der Waals surface area contributed by atoms with Gasteiger partial charge in [-0.25, -0.2) is 9.97 Å². The van der Waals surface area contributed by atoms with Crippen LogP contribution < -0.4 is 4.74 Å². The first kappa shape index (κ1) is 15.2. The van der Waals surface area contributed by atoms with Gasteiger partial charge in [-0.05, 0) is 42.5 Å². The van der Waals surface area contributed by atoms with Gasteiger partial charge in [-0.1, -0.05) is 11.6 Å². The van der Waals surface area contributed by atoms with Crippen LogP contribution in [0.3, 0.4) is 0 Å². The van der Waals surface area contributed by atoms with E-state index in [1.54, 1.807) is 50.5 Å². The fraction of sp³-hybridized carbons (Fsp3) is 0.118. The van der Waals surface area contributed by atoms with E-state index >= 15 is 0 Å². The molecule has 1 aromatic heterocycles. The summed E-state index contributed by atoms with van der Waals surface area (Å²) in [5.74, 6) is 0.979. The Balaban J connectivity index is 1.89. The molecule has 0 N–H and O–H groups in total. The summed E-state index contributed by atoms with van der Waals surface area (Å²) < 4.78 is 5.81. The number of hydrogen-bond donors (Lipinski definition) is 0. The predicted molar refractivity (Wildman–Crippen MR) is 89.1 cm³/mol. The normalized spacial score (nSPS) is 10.6. The van der Waals surface area contributed by atoms with Crippen molar-refractivity contribution in [1.82, 2.24) is 14.9 Å². The summed E-state index contributed by atoms with van der Waals surface area (Å²) in [6, 6.07) is 12.2. The van der Waals surface area contributed by atoms with E-state index in [0.29, 0.717) is 27.7 Å². The molecule has 0 radical (unpaired) electrons. The van der Waals surface area contributed by atoms with Gasteiger partial charge in [0.2, 0.25) is 5.88 Å². The quantitative estimate of drug-likeness (QED) is 0.734. The van der Waals surface area contributed by atoms with Gasteiger partial charge in [0.05, 0.1) is 10.9 Å². The standard InChI is InChI=1S/C17H14ClN3O2/c1-21(2)17(22)11-3-6-13(7-4-11)23-16-14-8-5-12(18)9-15(14)19-10-20-16/h3-10H,1-2H3. The number of amides is 1. The Kier molecular flexibility index (Phi) is 4.12. The number of fused-ring (bicyclic) bond motifs is 1. The van der Waals surface area contributed by atoms with Crippen molar-refractivity contribution >= 4 is 28.4 Å². The molecule has 3 rings (SSSR count). The third kappa shape index (κ3) is 3.24. The topological polar surface area (TPSA) is 55.3 Å². The molecule has 0 aliphatic rings. The summed E-state index contributed by atoms with van der Waals surface area (Å²) in [6.07, 6.45) is 1.43. The second-order valence-corrected chi connectivity index (χ2v) is 5.60. The summed E-state index contributed by atoms with van der Waals surface area (Å²) in [4.78, 5) is 21.7. The van der Waals surface area contributed by atoms with Gasteiger partial charge >= 0.3 is 0 Å². The lowest BCUT2D eigenvalue weighted by molar-refractivity contribution is 0.0827. The summed E-state index contributed by atoms with van der Waals surface area (Å²) >= 11 is 5.97. The fourth-order valence-electron chi connectivity index (χ4n) is 2.12. The Bertz CT molecular complexity index is 863. The van der Waals surface area contributed by atoms with Gasteiger partial charge < -0.3 is 9.64 Å². The van der Waals surface area contributed by atoms with Crippen LogP contribution in [0.5, 0.6) is 11.6 Å². The second-order valence-electron chi connectivity index (χ2n) is 5.17. The minimum atomic E-state index is -0.0568. The van der Waals surface area contributed by atoms with Gasteiger partial charge in [-0.2, -0.15) is 0 Å². The van der Waals surface area contributed by atoms with Gasteiger partial charge in [0.1, 0.15) is 12.1 Å². The van der Waals surface area contributed by atoms with E-state index < -0.39 is 0 Å². The summed E-state index contributed by atoms with van der Waals surface area (Å²) in [5.41, 5.74) is 1.31. The molecule has 0 fully saturated rings. The number of ether oxygens (including phenoxy) is 1. The van der Waals surface area contributed by atoms with Crippen LogP contribution >= 0.6 is 11.6 Å². The molecule has 3 aromatic rings. The van der Waals surface area contributed by atoms with E-state index in [1.807, 2.05) is 6.07 Å². The van der Waals surface area contributed by atoms with E-state index in [2.05, 4.69) is 9.97 Å². The highest BCUT2D eigenvalue weighted by Crippen LogP contribution is 2.28. The molecule has 0 spiro atoms. The molecule has 1 amide bonds. The molecule has 0 unspecified atom stereocenters. The highest BCUT2D eigenvalue weighted by atomic mass is 35.5. The van der Waals surface area contributed by atoms with Crippen molar-refractivity contribution in [2.45, 2.75) is 0 Å². The Morgan fingerprint density at radius 3 is 2.52 bits per heavy atom. The van der Waals surface area contributed by atoms with Gasteiger partial charge in [0, 0.05) is 24.7 Å². The number of hydrogen-bond acceptors (Lipinski definition) is 4. The number of rotatable bonds is 3. The third-order valence-corrected chi connectivity index (χ3v) is 3.52. The molecule has 0 aliphatic carbocycles. The lowest BCUT2D eigenvalue weighted by Gasteiger charge is -2.11. The Morgan fingerprint density at radius 1 is 1.09 bits per heavy atom. The maximum Gasteiger partial charge on any atom is 0.253 e. The van der Waals surface area contributed by atoms with Crippen molar-refractivity contribution in [2.75, 3.05) is 14.1 Å². The largest absolute Gasteiger partial charge is 0.438 e. The average molecular weight is 328 g/mol. The monoisotopic (exact) mass is 327 g/mol. The third-order valence-electron chi connectivity index (χ3n) is 3.28. The fourth-order valence-corrected chi connectivity index (χ4v) is 2.29. The SMILES string of the molecule is CN(C)C(=O)c1ccc(Oc2ncnc3cc(Cl)ccc23)cc1. The molecular formula is C17H14ClN3O2. The molecule has 2 aromatic carbocycles. The summed E-state index contributed by atoms with van der Waals surface area (Å²) in [5, 5.41) is 1.37. The molecule has 6 heteroatoms. The summed E-state index contributed by atoms with van der Waals surface area (Å²) in [6.45, 7) is 0. The lowest BCUT2D eigenvalue weighted by atomic mass is 10.2. The van der Waals surface area contributed by atoms with Crippen LogP contribution in [-0.4, -0.2) is 34.9 Å². The molecule has 5 nitrogen and oxygen atoms in total.